The zero-order valence-electron chi connectivity index (χ0n) is 16.4. The zero-order valence-corrected chi connectivity index (χ0v) is 16.4. The lowest BCUT2D eigenvalue weighted by atomic mass is 10.1. The minimum absolute atomic E-state index is 0.0922. The highest BCUT2D eigenvalue weighted by Gasteiger charge is 2.24. The second-order valence-electron chi connectivity index (χ2n) is 7.22. The standard InChI is InChI=1S/C19H30N2O4/c1-13-10-14(2)17(15(3)11-13)20-16(22)12-21(8-9-24-7)18(23)25-19(4,5)6/h10-11H,8-9,12H2,1-7H3,(H,20,22). The number of ether oxygens (including phenoxy) is 2. The first-order valence-electron chi connectivity index (χ1n) is 8.38. The van der Waals surface area contributed by atoms with E-state index in [-0.39, 0.29) is 19.0 Å². The van der Waals surface area contributed by atoms with Crippen LogP contribution in [0.15, 0.2) is 12.1 Å². The average molecular weight is 350 g/mol. The lowest BCUT2D eigenvalue weighted by Crippen LogP contribution is -2.43. The molecule has 0 aliphatic heterocycles. The van der Waals surface area contributed by atoms with Crippen LogP contribution in [0.4, 0.5) is 10.5 Å². The van der Waals surface area contributed by atoms with Gasteiger partial charge in [-0.25, -0.2) is 4.79 Å². The Morgan fingerprint density at radius 3 is 2.16 bits per heavy atom. The molecule has 1 aromatic rings. The van der Waals surface area contributed by atoms with Crippen LogP contribution in [0, 0.1) is 20.8 Å². The molecule has 0 atom stereocenters. The molecule has 140 valence electrons. The Hall–Kier alpha value is -2.08. The van der Waals surface area contributed by atoms with Gasteiger partial charge in [0.1, 0.15) is 12.1 Å². The van der Waals surface area contributed by atoms with E-state index in [1.54, 1.807) is 27.9 Å². The molecule has 0 unspecified atom stereocenters. The van der Waals surface area contributed by atoms with Crippen LogP contribution in [-0.4, -0.2) is 49.3 Å². The number of carbonyl (C=O) groups excluding carboxylic acids is 2. The summed E-state index contributed by atoms with van der Waals surface area (Å²) in [5, 5.41) is 2.90. The summed E-state index contributed by atoms with van der Waals surface area (Å²) in [5.41, 5.74) is 3.29. The Morgan fingerprint density at radius 1 is 1.12 bits per heavy atom. The lowest BCUT2D eigenvalue weighted by molar-refractivity contribution is -0.117. The summed E-state index contributed by atoms with van der Waals surface area (Å²) in [6.07, 6.45) is -0.531. The van der Waals surface area contributed by atoms with Gasteiger partial charge in [0.05, 0.1) is 6.61 Å². The van der Waals surface area contributed by atoms with Crippen LogP contribution in [0.5, 0.6) is 0 Å². The third kappa shape index (κ3) is 7.13. The first kappa shape index (κ1) is 21.0. The van der Waals surface area contributed by atoms with Crippen LogP contribution in [0.25, 0.3) is 0 Å². The number of nitrogens with one attached hydrogen (secondary N) is 1. The number of hydrogen-bond donors (Lipinski definition) is 1. The highest BCUT2D eigenvalue weighted by Crippen LogP contribution is 2.22. The third-order valence-corrected chi connectivity index (χ3v) is 3.49. The van der Waals surface area contributed by atoms with E-state index in [1.165, 1.54) is 4.90 Å². The Balaban J connectivity index is 2.83. The molecule has 0 fully saturated rings. The summed E-state index contributed by atoms with van der Waals surface area (Å²) in [6.45, 7) is 11.8. The summed E-state index contributed by atoms with van der Waals surface area (Å²) in [4.78, 5) is 26.1. The molecule has 6 nitrogen and oxygen atoms in total. The molecule has 0 bridgehead atoms. The Morgan fingerprint density at radius 2 is 1.68 bits per heavy atom. The number of hydrogen-bond acceptors (Lipinski definition) is 4. The molecule has 1 rings (SSSR count). The number of carbonyl (C=O) groups is 2. The maximum absolute atomic E-state index is 12.4. The molecule has 1 aromatic carbocycles. The van der Waals surface area contributed by atoms with Crippen molar-refractivity contribution in [2.75, 3.05) is 32.1 Å². The van der Waals surface area contributed by atoms with Crippen LogP contribution >= 0.6 is 0 Å². The second kappa shape index (κ2) is 8.85. The first-order chi connectivity index (χ1) is 11.5. The average Bonchev–Trinajstić information content (AvgIpc) is 2.45. The molecule has 0 radical (unpaired) electrons. The van der Waals surface area contributed by atoms with Gasteiger partial charge >= 0.3 is 6.09 Å². The van der Waals surface area contributed by atoms with Crippen LogP contribution in [0.2, 0.25) is 0 Å². The Kier molecular flexibility index (Phi) is 7.42. The number of methoxy groups -OCH3 is 1. The quantitative estimate of drug-likeness (QED) is 0.853. The smallest absolute Gasteiger partial charge is 0.410 e. The van der Waals surface area contributed by atoms with Crippen molar-refractivity contribution in [2.24, 2.45) is 0 Å². The minimum atomic E-state index is -0.622. The summed E-state index contributed by atoms with van der Waals surface area (Å²) in [6, 6.07) is 4.03. The van der Waals surface area contributed by atoms with E-state index >= 15 is 0 Å². The van der Waals surface area contributed by atoms with E-state index in [2.05, 4.69) is 5.32 Å². The fourth-order valence-electron chi connectivity index (χ4n) is 2.49. The summed E-state index contributed by atoms with van der Waals surface area (Å²) in [5.74, 6) is -0.267. The zero-order chi connectivity index (χ0) is 19.2. The van der Waals surface area contributed by atoms with Crippen LogP contribution < -0.4 is 5.32 Å². The van der Waals surface area contributed by atoms with Gasteiger partial charge in [-0.05, 0) is 52.7 Å². The molecule has 25 heavy (non-hydrogen) atoms. The molecule has 0 heterocycles. The first-order valence-corrected chi connectivity index (χ1v) is 8.38. The number of aryl methyl sites for hydroxylation is 3. The molecular formula is C19H30N2O4. The molecule has 0 saturated carbocycles. The number of anilines is 1. The summed E-state index contributed by atoms with van der Waals surface area (Å²) < 4.78 is 10.4. The largest absolute Gasteiger partial charge is 0.444 e. The highest BCUT2D eigenvalue weighted by atomic mass is 16.6. The monoisotopic (exact) mass is 350 g/mol. The van der Waals surface area contributed by atoms with E-state index in [0.29, 0.717) is 6.61 Å². The highest BCUT2D eigenvalue weighted by molar-refractivity contribution is 5.95. The van der Waals surface area contributed by atoms with Crippen molar-refractivity contribution in [1.82, 2.24) is 4.90 Å². The molecule has 0 spiro atoms. The van der Waals surface area contributed by atoms with Gasteiger partial charge in [0, 0.05) is 19.3 Å². The van der Waals surface area contributed by atoms with Crippen molar-refractivity contribution in [3.05, 3.63) is 28.8 Å². The maximum Gasteiger partial charge on any atom is 0.410 e. The molecular weight excluding hydrogens is 320 g/mol. The molecule has 1 N–H and O–H groups in total. The van der Waals surface area contributed by atoms with Gasteiger partial charge in [-0.15, -0.1) is 0 Å². The van der Waals surface area contributed by atoms with Crippen molar-refractivity contribution in [1.29, 1.82) is 0 Å². The van der Waals surface area contributed by atoms with Gasteiger partial charge in [-0.3, -0.25) is 9.69 Å². The molecule has 0 aliphatic rings. The number of rotatable bonds is 6. The van der Waals surface area contributed by atoms with E-state index in [0.717, 1.165) is 22.4 Å². The van der Waals surface area contributed by atoms with Gasteiger partial charge in [0.2, 0.25) is 5.91 Å². The van der Waals surface area contributed by atoms with E-state index in [9.17, 15) is 9.59 Å². The Bertz CT molecular complexity index is 597. The molecule has 0 saturated heterocycles. The van der Waals surface area contributed by atoms with Gasteiger partial charge in [-0.1, -0.05) is 17.7 Å². The van der Waals surface area contributed by atoms with Crippen molar-refractivity contribution >= 4 is 17.7 Å². The topological polar surface area (TPSA) is 67.9 Å². The molecule has 6 heteroatoms. The van der Waals surface area contributed by atoms with Gasteiger partial charge in [0.25, 0.3) is 0 Å². The fourth-order valence-corrected chi connectivity index (χ4v) is 2.49. The fraction of sp³-hybridized carbons (Fsp3) is 0.579. The van der Waals surface area contributed by atoms with Crippen LogP contribution in [0.3, 0.4) is 0 Å². The third-order valence-electron chi connectivity index (χ3n) is 3.49. The summed E-state index contributed by atoms with van der Waals surface area (Å²) >= 11 is 0. The van der Waals surface area contributed by atoms with Gasteiger partial charge in [0.15, 0.2) is 0 Å². The normalized spacial score (nSPS) is 11.2. The van der Waals surface area contributed by atoms with Crippen molar-refractivity contribution in [3.63, 3.8) is 0 Å². The predicted octanol–water partition coefficient (Wildman–Crippen LogP) is 3.43. The van der Waals surface area contributed by atoms with Gasteiger partial charge in [-0.2, -0.15) is 0 Å². The Labute approximate surface area is 150 Å². The SMILES string of the molecule is COCCN(CC(=O)Nc1c(C)cc(C)cc1C)C(=O)OC(C)(C)C. The second-order valence-corrected chi connectivity index (χ2v) is 7.22. The number of amides is 2. The van der Waals surface area contributed by atoms with Crippen molar-refractivity contribution in [2.45, 2.75) is 47.1 Å². The van der Waals surface area contributed by atoms with E-state index in [4.69, 9.17) is 9.47 Å². The molecule has 2 amide bonds. The van der Waals surface area contributed by atoms with E-state index < -0.39 is 11.7 Å². The minimum Gasteiger partial charge on any atom is -0.444 e. The van der Waals surface area contributed by atoms with Crippen LogP contribution in [-0.2, 0) is 14.3 Å². The lowest BCUT2D eigenvalue weighted by Gasteiger charge is -2.27. The van der Waals surface area contributed by atoms with Crippen molar-refractivity contribution in [3.8, 4) is 0 Å². The number of nitrogens with zero attached hydrogens (tertiary/aromatic N) is 1. The predicted molar refractivity (Wildman–Crippen MR) is 99.0 cm³/mol. The number of benzene rings is 1. The molecule has 0 aliphatic carbocycles. The van der Waals surface area contributed by atoms with Crippen molar-refractivity contribution < 1.29 is 19.1 Å². The summed E-state index contributed by atoms with van der Waals surface area (Å²) in [7, 11) is 1.55. The van der Waals surface area contributed by atoms with Crippen LogP contribution in [0.1, 0.15) is 37.5 Å². The van der Waals surface area contributed by atoms with Gasteiger partial charge < -0.3 is 14.8 Å². The maximum atomic E-state index is 12.4. The molecule has 0 aromatic heterocycles. The van der Waals surface area contributed by atoms with E-state index in [1.807, 2.05) is 32.9 Å².